The molecule has 102 valence electrons. The Morgan fingerprint density at radius 2 is 2.00 bits per heavy atom. The van der Waals surface area contributed by atoms with Crippen molar-refractivity contribution in [1.82, 2.24) is 4.90 Å². The van der Waals surface area contributed by atoms with Crippen LogP contribution in [0.25, 0.3) is 0 Å². The molecule has 0 atom stereocenters. The number of rotatable bonds is 6. The summed E-state index contributed by atoms with van der Waals surface area (Å²) in [5, 5.41) is 19.7. The van der Waals surface area contributed by atoms with E-state index in [1.165, 1.54) is 6.07 Å². The van der Waals surface area contributed by atoms with Crippen LogP contribution < -0.4 is 4.90 Å². The highest BCUT2D eigenvalue weighted by atomic mass is 16.6. The van der Waals surface area contributed by atoms with Crippen LogP contribution in [0.4, 0.5) is 11.4 Å². The van der Waals surface area contributed by atoms with Crippen molar-refractivity contribution in [3.05, 3.63) is 33.9 Å². The van der Waals surface area contributed by atoms with Gasteiger partial charge in [-0.1, -0.05) is 0 Å². The van der Waals surface area contributed by atoms with Gasteiger partial charge in [-0.2, -0.15) is 5.26 Å². The number of anilines is 1. The molecule has 0 saturated heterocycles. The minimum absolute atomic E-state index is 0.0990. The van der Waals surface area contributed by atoms with Crippen molar-refractivity contribution < 1.29 is 4.92 Å². The molecule has 0 saturated carbocycles. The highest BCUT2D eigenvalue weighted by Gasteiger charge is 2.14. The first-order chi connectivity index (χ1) is 8.95. The molecule has 19 heavy (non-hydrogen) atoms. The standard InChI is InChI=1S/C13H18N4O2/c1-15(2)7-4-8-16(3)12-5-6-13(17(18)19)11(9-12)10-14/h5-6,9H,4,7-8H2,1-3H3. The topological polar surface area (TPSA) is 73.4 Å². The van der Waals surface area contributed by atoms with Gasteiger partial charge >= 0.3 is 0 Å². The first-order valence-corrected chi connectivity index (χ1v) is 6.00. The van der Waals surface area contributed by atoms with Crippen molar-refractivity contribution in [3.8, 4) is 6.07 Å². The molecular weight excluding hydrogens is 244 g/mol. The normalized spacial score (nSPS) is 10.3. The van der Waals surface area contributed by atoms with Crippen molar-refractivity contribution in [2.75, 3.05) is 39.1 Å². The van der Waals surface area contributed by atoms with E-state index in [-0.39, 0.29) is 11.3 Å². The van der Waals surface area contributed by atoms with E-state index in [1.807, 2.05) is 32.1 Å². The Morgan fingerprint density at radius 1 is 1.32 bits per heavy atom. The van der Waals surface area contributed by atoms with Crippen molar-refractivity contribution in [3.63, 3.8) is 0 Å². The molecular formula is C13H18N4O2. The summed E-state index contributed by atoms with van der Waals surface area (Å²) in [5.74, 6) is 0. The first-order valence-electron chi connectivity index (χ1n) is 6.00. The number of nitro benzene ring substituents is 1. The predicted octanol–water partition coefficient (Wildman–Crippen LogP) is 1.85. The van der Waals surface area contributed by atoms with E-state index < -0.39 is 4.92 Å². The van der Waals surface area contributed by atoms with Gasteiger partial charge in [-0.15, -0.1) is 0 Å². The number of nitro groups is 1. The van der Waals surface area contributed by atoms with E-state index in [9.17, 15) is 10.1 Å². The molecule has 0 heterocycles. The van der Waals surface area contributed by atoms with Gasteiger partial charge in [0, 0.05) is 25.3 Å². The summed E-state index contributed by atoms with van der Waals surface area (Å²) >= 11 is 0. The quantitative estimate of drug-likeness (QED) is 0.578. The average Bonchev–Trinajstić information content (AvgIpc) is 2.37. The lowest BCUT2D eigenvalue weighted by Gasteiger charge is -2.20. The molecule has 0 aliphatic heterocycles. The van der Waals surface area contributed by atoms with E-state index in [4.69, 9.17) is 5.26 Å². The maximum absolute atomic E-state index is 10.7. The molecule has 0 aromatic heterocycles. The molecule has 0 spiro atoms. The molecule has 0 aliphatic carbocycles. The third-order valence-electron chi connectivity index (χ3n) is 2.84. The Labute approximate surface area is 113 Å². The predicted molar refractivity (Wildman–Crippen MR) is 74.3 cm³/mol. The average molecular weight is 262 g/mol. The molecule has 1 aromatic rings. The largest absolute Gasteiger partial charge is 0.375 e. The smallest absolute Gasteiger partial charge is 0.287 e. The summed E-state index contributed by atoms with van der Waals surface area (Å²) in [6.45, 7) is 1.81. The lowest BCUT2D eigenvalue weighted by Crippen LogP contribution is -2.23. The van der Waals surface area contributed by atoms with Gasteiger partial charge < -0.3 is 9.80 Å². The third-order valence-corrected chi connectivity index (χ3v) is 2.84. The number of benzene rings is 1. The van der Waals surface area contributed by atoms with Gasteiger partial charge in [0.25, 0.3) is 5.69 Å². The zero-order valence-electron chi connectivity index (χ0n) is 11.5. The van der Waals surface area contributed by atoms with Crippen LogP contribution in [0.2, 0.25) is 0 Å². The summed E-state index contributed by atoms with van der Waals surface area (Å²) in [6.07, 6.45) is 0.988. The summed E-state index contributed by atoms with van der Waals surface area (Å²) < 4.78 is 0. The zero-order valence-corrected chi connectivity index (χ0v) is 11.5. The molecule has 1 aromatic carbocycles. The van der Waals surface area contributed by atoms with E-state index in [1.54, 1.807) is 12.1 Å². The maximum Gasteiger partial charge on any atom is 0.287 e. The second-order valence-corrected chi connectivity index (χ2v) is 4.65. The van der Waals surface area contributed by atoms with Crippen LogP contribution in [0.1, 0.15) is 12.0 Å². The fourth-order valence-corrected chi connectivity index (χ4v) is 1.76. The van der Waals surface area contributed by atoms with Crippen molar-refractivity contribution in [2.24, 2.45) is 0 Å². The van der Waals surface area contributed by atoms with Gasteiger partial charge in [0.1, 0.15) is 11.6 Å². The number of hydrogen-bond acceptors (Lipinski definition) is 5. The first kappa shape index (κ1) is 14.9. The fraction of sp³-hybridized carbons (Fsp3) is 0.462. The van der Waals surface area contributed by atoms with Crippen LogP contribution >= 0.6 is 0 Å². The van der Waals surface area contributed by atoms with Gasteiger partial charge in [0.15, 0.2) is 0 Å². The highest BCUT2D eigenvalue weighted by molar-refractivity contribution is 5.59. The molecule has 1 rings (SSSR count). The minimum atomic E-state index is -0.533. The number of nitrogens with zero attached hydrogens (tertiary/aromatic N) is 4. The summed E-state index contributed by atoms with van der Waals surface area (Å²) in [5.41, 5.74) is 0.774. The van der Waals surface area contributed by atoms with Crippen LogP contribution in [0.3, 0.4) is 0 Å². The van der Waals surface area contributed by atoms with E-state index >= 15 is 0 Å². The van der Waals surface area contributed by atoms with Crippen LogP contribution in [0.15, 0.2) is 18.2 Å². The van der Waals surface area contributed by atoms with Gasteiger partial charge in [-0.3, -0.25) is 10.1 Å². The fourth-order valence-electron chi connectivity index (χ4n) is 1.76. The van der Waals surface area contributed by atoms with E-state index in [0.29, 0.717) is 0 Å². The van der Waals surface area contributed by atoms with Crippen LogP contribution in [0.5, 0.6) is 0 Å². The Bertz CT molecular complexity index is 494. The Morgan fingerprint density at radius 3 is 2.53 bits per heavy atom. The van der Waals surface area contributed by atoms with Crippen molar-refractivity contribution in [2.45, 2.75) is 6.42 Å². The van der Waals surface area contributed by atoms with Crippen molar-refractivity contribution >= 4 is 11.4 Å². The summed E-state index contributed by atoms with van der Waals surface area (Å²) in [6, 6.07) is 6.49. The van der Waals surface area contributed by atoms with Crippen molar-refractivity contribution in [1.29, 1.82) is 5.26 Å². The third kappa shape index (κ3) is 4.23. The van der Waals surface area contributed by atoms with Crippen LogP contribution in [-0.2, 0) is 0 Å². The van der Waals surface area contributed by atoms with Crippen LogP contribution in [0, 0.1) is 21.4 Å². The molecule has 6 nitrogen and oxygen atoms in total. The van der Waals surface area contributed by atoms with Gasteiger partial charge in [-0.25, -0.2) is 0 Å². The molecule has 0 radical (unpaired) electrons. The van der Waals surface area contributed by atoms with E-state index in [0.717, 1.165) is 25.2 Å². The molecule has 0 unspecified atom stereocenters. The second-order valence-electron chi connectivity index (χ2n) is 4.65. The van der Waals surface area contributed by atoms with Gasteiger partial charge in [-0.05, 0) is 39.2 Å². The molecule has 6 heteroatoms. The Kier molecular flexibility index (Phi) is 5.27. The Hall–Kier alpha value is -2.13. The number of hydrogen-bond donors (Lipinski definition) is 0. The summed E-state index contributed by atoms with van der Waals surface area (Å²) in [4.78, 5) is 14.3. The second kappa shape index (κ2) is 6.71. The lowest BCUT2D eigenvalue weighted by molar-refractivity contribution is -0.385. The SMILES string of the molecule is CN(C)CCCN(C)c1ccc([N+](=O)[O-])c(C#N)c1. The molecule has 0 bridgehead atoms. The molecule has 0 amide bonds. The number of nitriles is 1. The monoisotopic (exact) mass is 262 g/mol. The molecule has 0 N–H and O–H groups in total. The Balaban J connectivity index is 2.79. The van der Waals surface area contributed by atoms with E-state index in [2.05, 4.69) is 4.90 Å². The maximum atomic E-state index is 10.7. The molecule has 0 fully saturated rings. The molecule has 0 aliphatic rings. The highest BCUT2D eigenvalue weighted by Crippen LogP contribution is 2.23. The minimum Gasteiger partial charge on any atom is -0.375 e. The lowest BCUT2D eigenvalue weighted by atomic mass is 10.1. The summed E-state index contributed by atoms with van der Waals surface area (Å²) in [7, 11) is 5.94. The van der Waals surface area contributed by atoms with Gasteiger partial charge in [0.2, 0.25) is 0 Å². The zero-order chi connectivity index (χ0) is 14.4. The van der Waals surface area contributed by atoms with Crippen LogP contribution in [-0.4, -0.2) is 44.1 Å². The van der Waals surface area contributed by atoms with Gasteiger partial charge in [0.05, 0.1) is 4.92 Å².